The van der Waals surface area contributed by atoms with E-state index in [2.05, 4.69) is 15.6 Å². The summed E-state index contributed by atoms with van der Waals surface area (Å²) in [5, 5.41) is 14.3. The average Bonchev–Trinajstić information content (AvgIpc) is 3.12. The normalized spacial score (nSPS) is 10.7. The lowest BCUT2D eigenvalue weighted by Crippen LogP contribution is -2.38. The number of halogens is 1. The first kappa shape index (κ1) is 20.7. The molecule has 0 aliphatic carbocycles. The molecule has 0 saturated carbocycles. The molecule has 152 valence electrons. The highest BCUT2D eigenvalue weighted by Crippen LogP contribution is 2.30. The van der Waals surface area contributed by atoms with E-state index in [0.29, 0.717) is 5.01 Å². The minimum Gasteiger partial charge on any atom is -0.395 e. The second-order valence-electron chi connectivity index (χ2n) is 6.32. The van der Waals surface area contributed by atoms with E-state index < -0.39 is 0 Å². The molecule has 29 heavy (non-hydrogen) atoms. The number of aliphatic hydroxyl groups excluding tert-OH is 1. The molecular weight excluding hydrogens is 395 g/mol. The van der Waals surface area contributed by atoms with E-state index in [9.17, 15) is 14.0 Å². The van der Waals surface area contributed by atoms with Crippen LogP contribution in [0.25, 0.3) is 10.2 Å². The molecular formula is C20H21FN4O3S. The number of anilines is 2. The second kappa shape index (κ2) is 9.44. The molecule has 0 spiro atoms. The first-order valence-electron chi connectivity index (χ1n) is 8.99. The summed E-state index contributed by atoms with van der Waals surface area (Å²) in [7, 11) is 1.89. The van der Waals surface area contributed by atoms with Crippen molar-refractivity contribution in [2.45, 2.75) is 6.42 Å². The third-order valence-corrected chi connectivity index (χ3v) is 5.24. The lowest BCUT2D eigenvalue weighted by molar-refractivity contribution is -0.125. The largest absolute Gasteiger partial charge is 0.395 e. The molecule has 3 rings (SSSR count). The summed E-state index contributed by atoms with van der Waals surface area (Å²) >= 11 is 1.42. The molecule has 0 aliphatic rings. The summed E-state index contributed by atoms with van der Waals surface area (Å²) in [6, 6.07) is 12.0. The zero-order valence-corrected chi connectivity index (χ0v) is 16.6. The summed E-state index contributed by atoms with van der Waals surface area (Å²) in [4.78, 5) is 29.9. The van der Waals surface area contributed by atoms with Crippen molar-refractivity contribution in [3.8, 4) is 0 Å². The monoisotopic (exact) mass is 416 g/mol. The van der Waals surface area contributed by atoms with Gasteiger partial charge in [0.05, 0.1) is 29.8 Å². The number of hydrogen-bond donors (Lipinski definition) is 3. The number of thiazole rings is 1. The number of carbonyl (C=O) groups excluding carboxylic acids is 2. The quantitative estimate of drug-likeness (QED) is 0.522. The number of nitrogens with zero attached hydrogens (tertiary/aromatic N) is 2. The number of aliphatic hydroxyl groups is 1. The van der Waals surface area contributed by atoms with Gasteiger partial charge in [-0.1, -0.05) is 0 Å². The van der Waals surface area contributed by atoms with Crippen LogP contribution in [0.5, 0.6) is 0 Å². The Labute approximate surface area is 171 Å². The number of nitrogens with one attached hydrogen (secondary N) is 2. The Bertz CT molecular complexity index is 1010. The van der Waals surface area contributed by atoms with Gasteiger partial charge >= 0.3 is 0 Å². The summed E-state index contributed by atoms with van der Waals surface area (Å²) in [6.45, 7) is -0.138. The van der Waals surface area contributed by atoms with Crippen molar-refractivity contribution in [2.24, 2.45) is 0 Å². The van der Waals surface area contributed by atoms with E-state index in [-0.39, 0.29) is 43.7 Å². The van der Waals surface area contributed by atoms with Crippen LogP contribution < -0.4 is 15.5 Å². The first-order chi connectivity index (χ1) is 14.0. The summed E-state index contributed by atoms with van der Waals surface area (Å²) in [6.07, 6.45) is 0.0791. The molecule has 2 amide bonds. The van der Waals surface area contributed by atoms with Crippen LogP contribution in [0.3, 0.4) is 0 Å². The van der Waals surface area contributed by atoms with Gasteiger partial charge < -0.3 is 20.6 Å². The predicted octanol–water partition coefficient (Wildman–Crippen LogP) is 1.97. The molecule has 2 aromatic carbocycles. The highest BCUT2D eigenvalue weighted by molar-refractivity contribution is 7.18. The van der Waals surface area contributed by atoms with Crippen LogP contribution in [0.4, 0.5) is 15.8 Å². The Morgan fingerprint density at radius 1 is 1.10 bits per heavy atom. The standard InChI is InChI=1S/C20H21FN4O3S/c1-25(14-4-2-13(21)3-5-14)15-6-7-17-16(10-15)24-20(29-17)11-18(27)23-12-19(28)22-8-9-26/h2-7,10,26H,8-9,11-12H2,1H3,(H,22,28)(H,23,27). The Kier molecular flexibility index (Phi) is 6.73. The number of amides is 2. The zero-order valence-electron chi connectivity index (χ0n) is 15.8. The van der Waals surface area contributed by atoms with E-state index in [1.165, 1.54) is 23.5 Å². The van der Waals surface area contributed by atoms with E-state index in [1.807, 2.05) is 30.1 Å². The summed E-state index contributed by atoms with van der Waals surface area (Å²) < 4.78 is 14.1. The van der Waals surface area contributed by atoms with Crippen molar-refractivity contribution in [2.75, 3.05) is 31.6 Å². The molecule has 0 unspecified atom stereocenters. The molecule has 7 nitrogen and oxygen atoms in total. The van der Waals surface area contributed by atoms with Gasteiger partial charge in [-0.25, -0.2) is 9.37 Å². The fraction of sp³-hybridized carbons (Fsp3) is 0.250. The van der Waals surface area contributed by atoms with Crippen LogP contribution in [-0.2, 0) is 16.0 Å². The van der Waals surface area contributed by atoms with Gasteiger partial charge in [-0.2, -0.15) is 0 Å². The number of carbonyl (C=O) groups is 2. The molecule has 1 aromatic heterocycles. The fourth-order valence-corrected chi connectivity index (χ4v) is 3.64. The maximum Gasteiger partial charge on any atom is 0.239 e. The van der Waals surface area contributed by atoms with E-state index >= 15 is 0 Å². The molecule has 0 bridgehead atoms. The van der Waals surface area contributed by atoms with Crippen LogP contribution in [0.2, 0.25) is 0 Å². The van der Waals surface area contributed by atoms with E-state index in [1.54, 1.807) is 12.1 Å². The molecule has 3 aromatic rings. The molecule has 1 heterocycles. The topological polar surface area (TPSA) is 94.6 Å². The third-order valence-electron chi connectivity index (χ3n) is 4.21. The maximum atomic E-state index is 13.1. The van der Waals surface area contributed by atoms with Gasteiger partial charge in [0, 0.05) is 25.0 Å². The Balaban J connectivity index is 1.65. The van der Waals surface area contributed by atoms with Crippen molar-refractivity contribution >= 4 is 44.7 Å². The number of benzene rings is 2. The van der Waals surface area contributed by atoms with Gasteiger partial charge in [-0.05, 0) is 42.5 Å². The zero-order chi connectivity index (χ0) is 20.8. The number of rotatable bonds is 8. The Morgan fingerprint density at radius 2 is 1.83 bits per heavy atom. The van der Waals surface area contributed by atoms with Gasteiger partial charge in [-0.15, -0.1) is 11.3 Å². The van der Waals surface area contributed by atoms with Gasteiger partial charge in [0.1, 0.15) is 10.8 Å². The minimum atomic E-state index is -0.356. The van der Waals surface area contributed by atoms with Crippen LogP contribution in [0.15, 0.2) is 42.5 Å². The molecule has 0 aliphatic heterocycles. The molecule has 0 saturated heterocycles. The van der Waals surface area contributed by atoms with Crippen LogP contribution in [0, 0.1) is 5.82 Å². The van der Waals surface area contributed by atoms with Crippen molar-refractivity contribution in [1.82, 2.24) is 15.6 Å². The third kappa shape index (κ3) is 5.49. The predicted molar refractivity (Wildman–Crippen MR) is 111 cm³/mol. The van der Waals surface area contributed by atoms with Crippen molar-refractivity contribution in [1.29, 1.82) is 0 Å². The van der Waals surface area contributed by atoms with E-state index in [4.69, 9.17) is 5.11 Å². The highest BCUT2D eigenvalue weighted by Gasteiger charge is 2.12. The Hall–Kier alpha value is -3.04. The molecule has 3 N–H and O–H groups in total. The van der Waals surface area contributed by atoms with Crippen LogP contribution in [0.1, 0.15) is 5.01 Å². The lowest BCUT2D eigenvalue weighted by Gasteiger charge is -2.19. The van der Waals surface area contributed by atoms with Gasteiger partial charge in [-0.3, -0.25) is 9.59 Å². The summed E-state index contributed by atoms with van der Waals surface area (Å²) in [5.41, 5.74) is 2.51. The molecule has 0 atom stereocenters. The number of fused-ring (bicyclic) bond motifs is 1. The highest BCUT2D eigenvalue weighted by atomic mass is 32.1. The fourth-order valence-electron chi connectivity index (χ4n) is 2.70. The number of aromatic nitrogens is 1. The number of hydrogen-bond acceptors (Lipinski definition) is 6. The smallest absolute Gasteiger partial charge is 0.239 e. The first-order valence-corrected chi connectivity index (χ1v) is 9.81. The molecule has 0 radical (unpaired) electrons. The lowest BCUT2D eigenvalue weighted by atomic mass is 10.2. The van der Waals surface area contributed by atoms with Gasteiger partial charge in [0.2, 0.25) is 11.8 Å². The van der Waals surface area contributed by atoms with Gasteiger partial charge in [0.15, 0.2) is 0 Å². The molecule has 0 fully saturated rings. The van der Waals surface area contributed by atoms with Crippen molar-refractivity contribution < 1.29 is 19.1 Å². The Morgan fingerprint density at radius 3 is 2.55 bits per heavy atom. The van der Waals surface area contributed by atoms with Gasteiger partial charge in [0.25, 0.3) is 0 Å². The van der Waals surface area contributed by atoms with E-state index in [0.717, 1.165) is 21.6 Å². The van der Waals surface area contributed by atoms with Crippen LogP contribution >= 0.6 is 11.3 Å². The molecule has 9 heteroatoms. The van der Waals surface area contributed by atoms with Crippen LogP contribution in [-0.4, -0.2) is 48.6 Å². The maximum absolute atomic E-state index is 13.1. The second-order valence-corrected chi connectivity index (χ2v) is 7.44. The van der Waals surface area contributed by atoms with Crippen molar-refractivity contribution in [3.05, 3.63) is 53.3 Å². The van der Waals surface area contributed by atoms with Crippen molar-refractivity contribution in [3.63, 3.8) is 0 Å². The SMILES string of the molecule is CN(c1ccc(F)cc1)c1ccc2sc(CC(=O)NCC(=O)NCCO)nc2c1. The summed E-state index contributed by atoms with van der Waals surface area (Å²) in [5.74, 6) is -0.942. The average molecular weight is 416 g/mol. The minimum absolute atomic E-state index is 0.0791.